The number of carbonyl (C=O) groups is 1. The molecule has 18 heavy (non-hydrogen) atoms. The van der Waals surface area contributed by atoms with Crippen LogP contribution in [0.3, 0.4) is 0 Å². The lowest BCUT2D eigenvalue weighted by Gasteiger charge is -2.04. The van der Waals surface area contributed by atoms with Crippen LogP contribution < -0.4 is 9.47 Å². The van der Waals surface area contributed by atoms with Gasteiger partial charge in [0.05, 0.1) is 17.8 Å². The van der Waals surface area contributed by atoms with E-state index in [9.17, 15) is 4.79 Å². The fourth-order valence-corrected chi connectivity index (χ4v) is 2.03. The van der Waals surface area contributed by atoms with Gasteiger partial charge in [-0.05, 0) is 17.7 Å². The molecule has 1 aromatic carbocycles. The Balaban J connectivity index is 1.89. The van der Waals surface area contributed by atoms with Gasteiger partial charge < -0.3 is 9.47 Å². The fourth-order valence-electron chi connectivity index (χ4n) is 1.74. The molecule has 0 saturated carbocycles. The highest BCUT2D eigenvalue weighted by molar-refractivity contribution is 6.32. The molecule has 6 nitrogen and oxygen atoms in total. The molecule has 1 aliphatic heterocycles. The maximum absolute atomic E-state index is 10.5. The molecule has 0 atom stereocenters. The number of aromatic nitrogens is 3. The SMILES string of the molecule is O=Cc1cn(Cc2cc(Cl)c3c(c2)OCO3)nn1. The Bertz CT molecular complexity index is 612. The first-order valence-electron chi connectivity index (χ1n) is 5.19. The zero-order valence-corrected chi connectivity index (χ0v) is 9.92. The third-order valence-electron chi connectivity index (χ3n) is 2.51. The quantitative estimate of drug-likeness (QED) is 0.787. The van der Waals surface area contributed by atoms with Gasteiger partial charge in [0, 0.05) is 0 Å². The minimum Gasteiger partial charge on any atom is -0.454 e. The molecule has 7 heteroatoms. The van der Waals surface area contributed by atoms with Gasteiger partial charge in [0.2, 0.25) is 6.79 Å². The highest BCUT2D eigenvalue weighted by atomic mass is 35.5. The first kappa shape index (κ1) is 11.0. The first-order valence-corrected chi connectivity index (χ1v) is 5.57. The van der Waals surface area contributed by atoms with Gasteiger partial charge in [-0.15, -0.1) is 5.10 Å². The lowest BCUT2D eigenvalue weighted by atomic mass is 10.2. The van der Waals surface area contributed by atoms with Crippen molar-refractivity contribution in [2.75, 3.05) is 6.79 Å². The molecule has 0 aliphatic carbocycles. The van der Waals surface area contributed by atoms with Crippen LogP contribution in [-0.2, 0) is 6.54 Å². The Labute approximate surface area is 107 Å². The first-order chi connectivity index (χ1) is 8.76. The van der Waals surface area contributed by atoms with E-state index in [4.69, 9.17) is 21.1 Å². The number of hydrogen-bond donors (Lipinski definition) is 0. The number of halogens is 1. The second-order valence-electron chi connectivity index (χ2n) is 3.77. The van der Waals surface area contributed by atoms with E-state index in [0.29, 0.717) is 35.0 Å². The predicted octanol–water partition coefficient (Wildman–Crippen LogP) is 1.52. The maximum atomic E-state index is 10.5. The zero-order valence-electron chi connectivity index (χ0n) is 9.17. The topological polar surface area (TPSA) is 66.2 Å². The van der Waals surface area contributed by atoms with Gasteiger partial charge in [0.15, 0.2) is 17.8 Å². The van der Waals surface area contributed by atoms with E-state index >= 15 is 0 Å². The van der Waals surface area contributed by atoms with Gasteiger partial charge in [0.1, 0.15) is 5.69 Å². The summed E-state index contributed by atoms with van der Waals surface area (Å²) in [4.78, 5) is 10.5. The molecule has 0 N–H and O–H groups in total. The molecule has 0 saturated heterocycles. The van der Waals surface area contributed by atoms with Crippen molar-refractivity contribution in [1.82, 2.24) is 15.0 Å². The van der Waals surface area contributed by atoms with Gasteiger partial charge >= 0.3 is 0 Å². The molecule has 1 aliphatic rings. The highest BCUT2D eigenvalue weighted by Gasteiger charge is 2.18. The van der Waals surface area contributed by atoms with E-state index in [2.05, 4.69) is 10.3 Å². The van der Waals surface area contributed by atoms with Crippen molar-refractivity contribution < 1.29 is 14.3 Å². The minimum absolute atomic E-state index is 0.178. The predicted molar refractivity (Wildman–Crippen MR) is 62.1 cm³/mol. The van der Waals surface area contributed by atoms with Gasteiger partial charge in [-0.25, -0.2) is 4.68 Å². The second kappa shape index (κ2) is 4.30. The number of hydrogen-bond acceptors (Lipinski definition) is 5. The molecule has 3 rings (SSSR count). The van der Waals surface area contributed by atoms with Crippen LogP contribution in [0.1, 0.15) is 16.1 Å². The van der Waals surface area contributed by atoms with E-state index < -0.39 is 0 Å². The van der Waals surface area contributed by atoms with Gasteiger partial charge in [-0.2, -0.15) is 0 Å². The number of fused-ring (bicyclic) bond motifs is 1. The van der Waals surface area contributed by atoms with Crippen molar-refractivity contribution in [1.29, 1.82) is 0 Å². The summed E-state index contributed by atoms with van der Waals surface area (Å²) < 4.78 is 12.0. The fraction of sp³-hybridized carbons (Fsp3) is 0.182. The minimum atomic E-state index is 0.178. The summed E-state index contributed by atoms with van der Waals surface area (Å²) in [5.41, 5.74) is 1.19. The Kier molecular flexibility index (Phi) is 2.64. The standard InChI is InChI=1S/C11H8ClN3O3/c12-9-1-7(2-10-11(9)18-6-17-10)3-15-4-8(5-16)13-14-15/h1-2,4-5H,3,6H2. The Morgan fingerprint density at radius 1 is 1.44 bits per heavy atom. The largest absolute Gasteiger partial charge is 0.454 e. The number of nitrogens with zero attached hydrogens (tertiary/aromatic N) is 3. The van der Waals surface area contributed by atoms with Gasteiger partial charge in [-0.3, -0.25) is 4.79 Å². The molecular formula is C11H8ClN3O3. The Morgan fingerprint density at radius 2 is 2.33 bits per heavy atom. The third kappa shape index (κ3) is 1.91. The van der Waals surface area contributed by atoms with Crippen molar-refractivity contribution in [3.63, 3.8) is 0 Å². The zero-order chi connectivity index (χ0) is 12.5. The third-order valence-corrected chi connectivity index (χ3v) is 2.79. The van der Waals surface area contributed by atoms with Crippen molar-refractivity contribution in [2.24, 2.45) is 0 Å². The summed E-state index contributed by atoms with van der Waals surface area (Å²) in [5, 5.41) is 8.00. The second-order valence-corrected chi connectivity index (χ2v) is 4.18. The van der Waals surface area contributed by atoms with E-state index in [1.54, 1.807) is 16.9 Å². The van der Waals surface area contributed by atoms with E-state index in [-0.39, 0.29) is 6.79 Å². The van der Waals surface area contributed by atoms with Crippen LogP contribution in [0.5, 0.6) is 11.5 Å². The summed E-state index contributed by atoms with van der Waals surface area (Å²) in [6, 6.07) is 3.60. The van der Waals surface area contributed by atoms with Crippen LogP contribution in [-0.4, -0.2) is 28.1 Å². The van der Waals surface area contributed by atoms with Crippen LogP contribution in [0.25, 0.3) is 0 Å². The molecule has 1 aromatic heterocycles. The molecule has 0 fully saturated rings. The Morgan fingerprint density at radius 3 is 3.11 bits per heavy atom. The normalized spacial score (nSPS) is 12.7. The van der Waals surface area contributed by atoms with E-state index in [1.807, 2.05) is 6.07 Å². The molecular weight excluding hydrogens is 258 g/mol. The van der Waals surface area contributed by atoms with Crippen molar-refractivity contribution in [3.8, 4) is 11.5 Å². The monoisotopic (exact) mass is 265 g/mol. The molecule has 2 heterocycles. The number of rotatable bonds is 3. The van der Waals surface area contributed by atoms with Crippen molar-refractivity contribution in [2.45, 2.75) is 6.54 Å². The smallest absolute Gasteiger partial charge is 0.231 e. The van der Waals surface area contributed by atoms with Gasteiger partial charge in [0.25, 0.3) is 0 Å². The lowest BCUT2D eigenvalue weighted by molar-refractivity contribution is 0.111. The highest BCUT2D eigenvalue weighted by Crippen LogP contribution is 2.39. The summed E-state index contributed by atoms with van der Waals surface area (Å²) in [7, 11) is 0. The summed E-state index contributed by atoms with van der Waals surface area (Å²) in [5.74, 6) is 1.18. The molecule has 0 unspecified atom stereocenters. The molecule has 0 bridgehead atoms. The molecule has 0 radical (unpaired) electrons. The number of carbonyl (C=O) groups excluding carboxylic acids is 1. The molecule has 2 aromatic rings. The lowest BCUT2D eigenvalue weighted by Crippen LogP contribution is -2.00. The van der Waals surface area contributed by atoms with Crippen molar-refractivity contribution in [3.05, 3.63) is 34.6 Å². The molecule has 0 amide bonds. The van der Waals surface area contributed by atoms with Crippen LogP contribution in [0.2, 0.25) is 5.02 Å². The number of ether oxygens (including phenoxy) is 2. The Hall–Kier alpha value is -2.08. The van der Waals surface area contributed by atoms with Crippen LogP contribution in [0.4, 0.5) is 0 Å². The average molecular weight is 266 g/mol. The van der Waals surface area contributed by atoms with E-state index in [1.165, 1.54) is 0 Å². The molecule has 92 valence electrons. The summed E-state index contributed by atoms with van der Waals surface area (Å²) in [6.07, 6.45) is 2.21. The molecule has 0 spiro atoms. The maximum Gasteiger partial charge on any atom is 0.231 e. The van der Waals surface area contributed by atoms with Crippen LogP contribution in [0.15, 0.2) is 18.3 Å². The van der Waals surface area contributed by atoms with Gasteiger partial charge in [-0.1, -0.05) is 16.8 Å². The van der Waals surface area contributed by atoms with E-state index in [0.717, 1.165) is 5.56 Å². The van der Waals surface area contributed by atoms with Crippen LogP contribution in [0, 0.1) is 0 Å². The average Bonchev–Trinajstić information content (AvgIpc) is 2.97. The summed E-state index contributed by atoms with van der Waals surface area (Å²) >= 11 is 6.07. The van der Waals surface area contributed by atoms with Crippen molar-refractivity contribution >= 4 is 17.9 Å². The number of benzene rings is 1. The number of aldehydes is 1. The van der Waals surface area contributed by atoms with Crippen LogP contribution >= 0.6 is 11.6 Å². The summed E-state index contributed by atoms with van der Waals surface area (Å²) in [6.45, 7) is 0.633.